The van der Waals surface area contributed by atoms with Gasteiger partial charge in [-0.3, -0.25) is 0 Å². The highest BCUT2D eigenvalue weighted by molar-refractivity contribution is 5.65. The third-order valence-electron chi connectivity index (χ3n) is 5.20. The maximum absolute atomic E-state index is 8.88. The Hall–Kier alpha value is -2.51. The topological polar surface area (TPSA) is 23.8 Å². The number of hydrogen-bond acceptors (Lipinski definition) is 1. The highest BCUT2D eigenvalue weighted by Gasteiger charge is 2.18. The van der Waals surface area contributed by atoms with E-state index in [0.717, 1.165) is 22.6 Å². The first-order valence-electron chi connectivity index (χ1n) is 9.40. The molecule has 1 saturated carbocycles. The summed E-state index contributed by atoms with van der Waals surface area (Å²) in [6, 6.07) is 18.3. The Bertz CT molecular complexity index is 773. The molecule has 1 fully saturated rings. The second-order valence-corrected chi connectivity index (χ2v) is 7.04. The van der Waals surface area contributed by atoms with Crippen molar-refractivity contribution in [2.45, 2.75) is 45.4 Å². The van der Waals surface area contributed by atoms with E-state index in [2.05, 4.69) is 49.1 Å². The number of hydrogen-bond donors (Lipinski definition) is 0. The number of rotatable bonds is 3. The second kappa shape index (κ2) is 8.55. The Morgan fingerprint density at radius 1 is 0.840 bits per heavy atom. The number of benzene rings is 2. The Morgan fingerprint density at radius 2 is 1.40 bits per heavy atom. The molecule has 0 bridgehead atoms. The van der Waals surface area contributed by atoms with Gasteiger partial charge in [0, 0.05) is 11.5 Å². The van der Waals surface area contributed by atoms with Gasteiger partial charge in [0.15, 0.2) is 0 Å². The predicted molar refractivity (Wildman–Crippen MR) is 104 cm³/mol. The molecule has 2 aromatic carbocycles. The van der Waals surface area contributed by atoms with E-state index in [4.69, 9.17) is 5.26 Å². The molecule has 0 heterocycles. The van der Waals surface area contributed by atoms with Crippen LogP contribution in [0.3, 0.4) is 0 Å². The van der Waals surface area contributed by atoms with Gasteiger partial charge in [-0.2, -0.15) is 5.26 Å². The van der Waals surface area contributed by atoms with Gasteiger partial charge in [-0.05, 0) is 67.0 Å². The molecule has 0 unspecified atom stereocenters. The van der Waals surface area contributed by atoms with Gasteiger partial charge in [0.2, 0.25) is 0 Å². The van der Waals surface area contributed by atoms with Gasteiger partial charge in [-0.15, -0.1) is 0 Å². The monoisotopic (exact) mass is 327 g/mol. The van der Waals surface area contributed by atoms with Crippen LogP contribution in [0.5, 0.6) is 0 Å². The molecule has 1 aliphatic carbocycles. The lowest BCUT2D eigenvalue weighted by Crippen LogP contribution is -2.13. The molecule has 1 nitrogen and oxygen atoms in total. The van der Waals surface area contributed by atoms with E-state index in [9.17, 15) is 0 Å². The predicted octanol–water partition coefficient (Wildman–Crippen LogP) is 6.18. The van der Waals surface area contributed by atoms with Crippen LogP contribution in [0, 0.1) is 35.0 Å². The Labute approximate surface area is 151 Å². The van der Waals surface area contributed by atoms with Crippen molar-refractivity contribution < 1.29 is 0 Å². The van der Waals surface area contributed by atoms with E-state index in [0.29, 0.717) is 11.5 Å². The van der Waals surface area contributed by atoms with Crippen molar-refractivity contribution >= 4 is 0 Å². The fraction of sp³-hybridized carbons (Fsp3) is 0.375. The van der Waals surface area contributed by atoms with E-state index in [1.54, 1.807) is 0 Å². The van der Waals surface area contributed by atoms with E-state index >= 15 is 0 Å². The minimum atomic E-state index is 0.575. The van der Waals surface area contributed by atoms with Crippen molar-refractivity contribution in [2.24, 2.45) is 11.8 Å². The molecular weight excluding hydrogens is 302 g/mol. The normalized spacial score (nSPS) is 19.5. The minimum absolute atomic E-state index is 0.575. The first-order valence-corrected chi connectivity index (χ1v) is 9.40. The average Bonchev–Trinajstić information content (AvgIpc) is 2.68. The lowest BCUT2D eigenvalue weighted by molar-refractivity contribution is 0.300. The van der Waals surface area contributed by atoms with Crippen molar-refractivity contribution in [2.75, 3.05) is 0 Å². The van der Waals surface area contributed by atoms with Crippen LogP contribution < -0.4 is 0 Å². The smallest absolute Gasteiger partial charge is 0.0991 e. The fourth-order valence-electron chi connectivity index (χ4n) is 3.67. The summed E-state index contributed by atoms with van der Waals surface area (Å²) < 4.78 is 0. The van der Waals surface area contributed by atoms with Crippen molar-refractivity contribution in [3.8, 4) is 29.0 Å². The van der Waals surface area contributed by atoms with Crippen LogP contribution in [-0.4, -0.2) is 0 Å². The first kappa shape index (κ1) is 17.3. The molecule has 0 N–H and O–H groups in total. The molecule has 0 amide bonds. The molecule has 0 radical (unpaired) electrons. The maximum Gasteiger partial charge on any atom is 0.0991 e. The summed E-state index contributed by atoms with van der Waals surface area (Å²) in [4.78, 5) is 0. The van der Waals surface area contributed by atoms with Crippen molar-refractivity contribution in [3.63, 3.8) is 0 Å². The third kappa shape index (κ3) is 4.74. The van der Waals surface area contributed by atoms with Gasteiger partial charge in [0.05, 0.1) is 11.6 Å². The molecule has 0 atom stereocenters. The minimum Gasteiger partial charge on any atom is -0.192 e. The van der Waals surface area contributed by atoms with Crippen LogP contribution >= 0.6 is 0 Å². The average molecular weight is 327 g/mol. The first-order chi connectivity index (χ1) is 12.3. The van der Waals surface area contributed by atoms with Gasteiger partial charge in [-0.25, -0.2) is 0 Å². The molecular formula is C24H25N. The van der Waals surface area contributed by atoms with Gasteiger partial charge < -0.3 is 0 Å². The summed E-state index contributed by atoms with van der Waals surface area (Å²) in [5.74, 6) is 8.37. The van der Waals surface area contributed by atoms with Gasteiger partial charge >= 0.3 is 0 Å². The summed E-state index contributed by atoms with van der Waals surface area (Å²) >= 11 is 0. The lowest BCUT2D eigenvalue weighted by atomic mass is 9.80. The molecule has 2 aromatic rings. The van der Waals surface area contributed by atoms with E-state index < -0.39 is 0 Å². The number of nitriles is 1. The molecule has 0 spiro atoms. The maximum atomic E-state index is 8.88. The third-order valence-corrected chi connectivity index (χ3v) is 5.20. The van der Waals surface area contributed by atoms with E-state index in [-0.39, 0.29) is 0 Å². The summed E-state index contributed by atoms with van der Waals surface area (Å²) in [5, 5.41) is 8.88. The Kier molecular flexibility index (Phi) is 5.92. The van der Waals surface area contributed by atoms with Gasteiger partial charge in [0.1, 0.15) is 0 Å². The molecule has 3 rings (SSSR count). The second-order valence-electron chi connectivity index (χ2n) is 7.04. The molecule has 25 heavy (non-hydrogen) atoms. The molecule has 1 heteroatoms. The van der Waals surface area contributed by atoms with Crippen LogP contribution in [0.25, 0.3) is 11.1 Å². The zero-order valence-electron chi connectivity index (χ0n) is 15.0. The summed E-state index contributed by atoms with van der Waals surface area (Å²) in [6.07, 6.45) is 7.93. The van der Waals surface area contributed by atoms with Crippen LogP contribution in [0.4, 0.5) is 0 Å². The number of nitrogens with zero attached hydrogens (tertiary/aromatic N) is 1. The van der Waals surface area contributed by atoms with Gasteiger partial charge in [-0.1, -0.05) is 55.9 Å². The van der Waals surface area contributed by atoms with Crippen molar-refractivity contribution in [3.05, 3.63) is 59.7 Å². The molecule has 0 aliphatic heterocycles. The highest BCUT2D eigenvalue weighted by atomic mass is 14.2. The quantitative estimate of drug-likeness (QED) is 0.617. The Balaban J connectivity index is 1.61. The van der Waals surface area contributed by atoms with Crippen LogP contribution in [0.2, 0.25) is 0 Å². The van der Waals surface area contributed by atoms with Gasteiger partial charge in [0.25, 0.3) is 0 Å². The molecule has 0 aromatic heterocycles. The Morgan fingerprint density at radius 3 is 1.92 bits per heavy atom. The summed E-state index contributed by atoms with van der Waals surface area (Å²) in [6.45, 7) is 2.29. The lowest BCUT2D eigenvalue weighted by Gasteiger charge is -2.25. The van der Waals surface area contributed by atoms with Crippen LogP contribution in [-0.2, 0) is 0 Å². The fourth-order valence-corrected chi connectivity index (χ4v) is 3.67. The zero-order chi connectivity index (χ0) is 17.5. The largest absolute Gasteiger partial charge is 0.192 e. The molecule has 0 saturated heterocycles. The van der Waals surface area contributed by atoms with Crippen molar-refractivity contribution in [1.82, 2.24) is 0 Å². The molecule has 1 aliphatic rings. The standard InChI is InChI=1S/C24H25N/c1-2-3-19-4-6-20(7-5-19)8-9-21-10-14-23(15-11-21)24-16-12-22(18-25)13-17-24/h10-17,19-20H,2-7H2,1H3. The van der Waals surface area contributed by atoms with E-state index in [1.807, 2.05) is 24.3 Å². The molecule has 126 valence electrons. The zero-order valence-corrected chi connectivity index (χ0v) is 15.0. The SMILES string of the molecule is CCCC1CCC(C#Cc2ccc(-c3ccc(C#N)cc3)cc2)CC1. The van der Waals surface area contributed by atoms with E-state index in [1.165, 1.54) is 38.5 Å². The summed E-state index contributed by atoms with van der Waals surface area (Å²) in [5.41, 5.74) is 4.08. The summed E-state index contributed by atoms with van der Waals surface area (Å²) in [7, 11) is 0. The van der Waals surface area contributed by atoms with Crippen LogP contribution in [0.15, 0.2) is 48.5 Å². The van der Waals surface area contributed by atoms with Crippen molar-refractivity contribution in [1.29, 1.82) is 5.26 Å². The highest BCUT2D eigenvalue weighted by Crippen LogP contribution is 2.31. The van der Waals surface area contributed by atoms with Crippen LogP contribution in [0.1, 0.15) is 56.6 Å².